The van der Waals surface area contributed by atoms with E-state index in [1.165, 1.54) is 218 Å². The number of hydrogen-bond acceptors (Lipinski definition) is 5. The van der Waals surface area contributed by atoms with Crippen molar-refractivity contribution in [3.63, 3.8) is 0 Å². The standard InChI is InChI=1S/C57H109NO5/c1-3-5-7-9-11-13-15-17-19-20-22-25-29-33-37-41-45-49-55(60)54(53-59)58-56(61)50-46-42-38-34-30-26-23-24-28-32-36-40-44-48-52-63-57(62)51-47-43-39-35-31-27-21-18-16-14-12-10-8-6-4-2/h18,21,45,49,54-55,59-60H,3-17,19-20,22-44,46-48,50-53H2,1-2H3,(H,58,61)/b21-18-,49-45+. The molecule has 0 aliphatic carbocycles. The Labute approximate surface area is 392 Å². The van der Waals surface area contributed by atoms with Crippen LogP contribution in [0.3, 0.4) is 0 Å². The van der Waals surface area contributed by atoms with Gasteiger partial charge in [-0.15, -0.1) is 0 Å². The molecule has 372 valence electrons. The zero-order valence-corrected chi connectivity index (χ0v) is 42.3. The summed E-state index contributed by atoms with van der Waals surface area (Å²) >= 11 is 0. The van der Waals surface area contributed by atoms with Crippen molar-refractivity contribution in [3.8, 4) is 0 Å². The summed E-state index contributed by atoms with van der Waals surface area (Å²) in [6.07, 6.45) is 63.3. The molecular formula is C57H109NO5. The van der Waals surface area contributed by atoms with Crippen LogP contribution in [0.15, 0.2) is 24.3 Å². The Kier molecular flexibility index (Phi) is 51.6. The first kappa shape index (κ1) is 61.3. The van der Waals surface area contributed by atoms with E-state index in [9.17, 15) is 19.8 Å². The highest BCUT2D eigenvalue weighted by Crippen LogP contribution is 2.16. The Morgan fingerprint density at radius 1 is 0.429 bits per heavy atom. The molecule has 0 aliphatic heterocycles. The molecule has 0 rings (SSSR count). The molecule has 0 saturated heterocycles. The fraction of sp³-hybridized carbons (Fsp3) is 0.895. The number of carbonyl (C=O) groups is 2. The van der Waals surface area contributed by atoms with Crippen LogP contribution in [0.4, 0.5) is 0 Å². The molecule has 6 heteroatoms. The molecule has 63 heavy (non-hydrogen) atoms. The van der Waals surface area contributed by atoms with Crippen molar-refractivity contribution in [1.82, 2.24) is 5.32 Å². The Morgan fingerprint density at radius 2 is 0.746 bits per heavy atom. The fourth-order valence-electron chi connectivity index (χ4n) is 8.63. The average molecular weight is 889 g/mol. The lowest BCUT2D eigenvalue weighted by molar-refractivity contribution is -0.143. The van der Waals surface area contributed by atoms with Crippen LogP contribution in [0, 0.1) is 0 Å². The molecule has 0 aliphatic rings. The second kappa shape index (κ2) is 53.0. The van der Waals surface area contributed by atoms with Crippen LogP contribution in [-0.2, 0) is 14.3 Å². The van der Waals surface area contributed by atoms with Gasteiger partial charge < -0.3 is 20.3 Å². The lowest BCUT2D eigenvalue weighted by Gasteiger charge is -2.20. The van der Waals surface area contributed by atoms with Crippen molar-refractivity contribution in [2.75, 3.05) is 13.2 Å². The minimum absolute atomic E-state index is 0.0111. The van der Waals surface area contributed by atoms with Crippen molar-refractivity contribution >= 4 is 11.9 Å². The van der Waals surface area contributed by atoms with Crippen LogP contribution in [0.25, 0.3) is 0 Å². The summed E-state index contributed by atoms with van der Waals surface area (Å²) < 4.78 is 5.47. The third kappa shape index (κ3) is 49.6. The molecule has 2 atom stereocenters. The van der Waals surface area contributed by atoms with Crippen molar-refractivity contribution < 1.29 is 24.5 Å². The first-order chi connectivity index (χ1) is 31.0. The molecular weight excluding hydrogens is 779 g/mol. The highest BCUT2D eigenvalue weighted by Gasteiger charge is 2.18. The molecule has 0 heterocycles. The largest absolute Gasteiger partial charge is 0.466 e. The normalized spacial score (nSPS) is 12.8. The molecule has 0 radical (unpaired) electrons. The number of allylic oxidation sites excluding steroid dienone is 3. The van der Waals surface area contributed by atoms with E-state index in [0.717, 1.165) is 57.8 Å². The maximum atomic E-state index is 12.5. The molecule has 0 aromatic carbocycles. The smallest absolute Gasteiger partial charge is 0.305 e. The third-order valence-electron chi connectivity index (χ3n) is 13.0. The summed E-state index contributed by atoms with van der Waals surface area (Å²) in [5, 5.41) is 23.1. The van der Waals surface area contributed by atoms with Crippen molar-refractivity contribution in [3.05, 3.63) is 24.3 Å². The maximum absolute atomic E-state index is 12.5. The number of ether oxygens (including phenoxy) is 1. The lowest BCUT2D eigenvalue weighted by atomic mass is 10.0. The minimum atomic E-state index is -0.851. The lowest BCUT2D eigenvalue weighted by Crippen LogP contribution is -2.45. The van der Waals surface area contributed by atoms with Gasteiger partial charge >= 0.3 is 5.97 Å². The summed E-state index contributed by atoms with van der Waals surface area (Å²) in [5.41, 5.74) is 0. The Morgan fingerprint density at radius 3 is 1.13 bits per heavy atom. The molecule has 0 saturated carbocycles. The zero-order chi connectivity index (χ0) is 45.8. The number of aliphatic hydroxyl groups excluding tert-OH is 2. The van der Waals surface area contributed by atoms with Gasteiger partial charge in [-0.3, -0.25) is 9.59 Å². The van der Waals surface area contributed by atoms with E-state index < -0.39 is 12.1 Å². The van der Waals surface area contributed by atoms with Gasteiger partial charge in [-0.05, 0) is 57.8 Å². The first-order valence-electron chi connectivity index (χ1n) is 28.1. The Balaban J connectivity index is 3.47. The Bertz CT molecular complexity index is 982. The number of nitrogens with one attached hydrogen (secondary N) is 1. The van der Waals surface area contributed by atoms with Crippen LogP contribution in [0.2, 0.25) is 0 Å². The number of rotatable bonds is 52. The summed E-state index contributed by atoms with van der Waals surface area (Å²) in [6, 6.07) is -0.636. The number of hydrogen-bond donors (Lipinski definition) is 3. The molecule has 3 N–H and O–H groups in total. The van der Waals surface area contributed by atoms with Crippen LogP contribution in [0.5, 0.6) is 0 Å². The number of amides is 1. The summed E-state index contributed by atoms with van der Waals surface area (Å²) in [6.45, 7) is 4.88. The number of unbranched alkanes of at least 4 members (excludes halogenated alkanes) is 39. The van der Waals surface area contributed by atoms with Crippen molar-refractivity contribution in [2.24, 2.45) is 0 Å². The molecule has 0 spiro atoms. The van der Waals surface area contributed by atoms with Gasteiger partial charge in [-0.2, -0.15) is 0 Å². The highest BCUT2D eigenvalue weighted by atomic mass is 16.5. The van der Waals surface area contributed by atoms with E-state index in [1.54, 1.807) is 6.08 Å². The van der Waals surface area contributed by atoms with Crippen LogP contribution < -0.4 is 5.32 Å². The van der Waals surface area contributed by atoms with E-state index in [1.807, 2.05) is 6.08 Å². The van der Waals surface area contributed by atoms with Gasteiger partial charge in [-0.25, -0.2) is 0 Å². The van der Waals surface area contributed by atoms with Crippen molar-refractivity contribution in [1.29, 1.82) is 0 Å². The van der Waals surface area contributed by atoms with Gasteiger partial charge in [0, 0.05) is 12.8 Å². The van der Waals surface area contributed by atoms with E-state index in [4.69, 9.17) is 4.74 Å². The van der Waals surface area contributed by atoms with Crippen LogP contribution in [0.1, 0.15) is 303 Å². The zero-order valence-electron chi connectivity index (χ0n) is 42.3. The topological polar surface area (TPSA) is 95.9 Å². The van der Waals surface area contributed by atoms with E-state index in [-0.39, 0.29) is 18.5 Å². The van der Waals surface area contributed by atoms with E-state index in [0.29, 0.717) is 19.4 Å². The van der Waals surface area contributed by atoms with Gasteiger partial charge in [-0.1, -0.05) is 256 Å². The van der Waals surface area contributed by atoms with Gasteiger partial charge in [0.1, 0.15) is 0 Å². The molecule has 0 aromatic rings. The third-order valence-corrected chi connectivity index (χ3v) is 13.0. The SMILES string of the molecule is CCCCCCCC/C=C\CCCCCCCC(=O)OCCCCCCCCCCCCCCCCC(=O)NC(CO)C(O)/C=C/CCCCCCCCCCCCCCCCC. The maximum Gasteiger partial charge on any atom is 0.305 e. The number of esters is 1. The van der Waals surface area contributed by atoms with Crippen LogP contribution >= 0.6 is 0 Å². The summed E-state index contributed by atoms with van der Waals surface area (Å²) in [4.78, 5) is 24.5. The molecule has 0 bridgehead atoms. The van der Waals surface area contributed by atoms with Crippen LogP contribution in [-0.4, -0.2) is 47.4 Å². The summed E-state index contributed by atoms with van der Waals surface area (Å²) in [7, 11) is 0. The fourth-order valence-corrected chi connectivity index (χ4v) is 8.63. The van der Waals surface area contributed by atoms with E-state index in [2.05, 4.69) is 31.3 Å². The van der Waals surface area contributed by atoms with Gasteiger partial charge in [0.2, 0.25) is 5.91 Å². The summed E-state index contributed by atoms with van der Waals surface area (Å²) in [5.74, 6) is -0.0883. The molecule has 6 nitrogen and oxygen atoms in total. The van der Waals surface area contributed by atoms with Gasteiger partial charge in [0.15, 0.2) is 0 Å². The van der Waals surface area contributed by atoms with E-state index >= 15 is 0 Å². The first-order valence-corrected chi connectivity index (χ1v) is 28.1. The second-order valence-electron chi connectivity index (χ2n) is 19.3. The minimum Gasteiger partial charge on any atom is -0.466 e. The predicted octanol–water partition coefficient (Wildman–Crippen LogP) is 17.1. The van der Waals surface area contributed by atoms with Gasteiger partial charge in [0.05, 0.1) is 25.4 Å². The second-order valence-corrected chi connectivity index (χ2v) is 19.3. The molecule has 2 unspecified atom stereocenters. The quantitative estimate of drug-likeness (QED) is 0.0321. The number of carbonyl (C=O) groups excluding carboxylic acids is 2. The molecule has 0 fully saturated rings. The average Bonchev–Trinajstić information content (AvgIpc) is 3.28. The molecule has 0 aromatic heterocycles. The van der Waals surface area contributed by atoms with Crippen molar-refractivity contribution in [2.45, 2.75) is 315 Å². The van der Waals surface area contributed by atoms with Gasteiger partial charge in [0.25, 0.3) is 0 Å². The Hall–Kier alpha value is -1.66. The predicted molar refractivity (Wildman–Crippen MR) is 273 cm³/mol. The number of aliphatic hydroxyl groups is 2. The highest BCUT2D eigenvalue weighted by molar-refractivity contribution is 5.76. The molecule has 1 amide bonds. The monoisotopic (exact) mass is 888 g/mol.